The van der Waals surface area contributed by atoms with E-state index in [1.807, 2.05) is 6.07 Å². The highest BCUT2D eigenvalue weighted by atomic mass is 16.5. The number of fused-ring (bicyclic) bond motifs is 1. The van der Waals surface area contributed by atoms with Crippen molar-refractivity contribution in [3.63, 3.8) is 0 Å². The van der Waals surface area contributed by atoms with Crippen molar-refractivity contribution >= 4 is 0 Å². The molecule has 0 saturated heterocycles. The molecule has 0 amide bonds. The third-order valence-corrected chi connectivity index (χ3v) is 3.81. The average Bonchev–Trinajstić information content (AvgIpc) is 2.73. The molecule has 18 heavy (non-hydrogen) atoms. The quantitative estimate of drug-likeness (QED) is 0.843. The maximum absolute atomic E-state index is 9.84. The van der Waals surface area contributed by atoms with Crippen LogP contribution in [0.5, 0.6) is 5.75 Å². The lowest BCUT2D eigenvalue weighted by molar-refractivity contribution is 0.140. The molecule has 0 radical (unpaired) electrons. The molecule has 2 atom stereocenters. The molecule has 0 heterocycles. The van der Waals surface area contributed by atoms with E-state index in [0.29, 0.717) is 23.8 Å². The Kier molecular flexibility index (Phi) is 4.25. The number of rotatable bonds is 5. The third-order valence-electron chi connectivity index (χ3n) is 3.81. The summed E-state index contributed by atoms with van der Waals surface area (Å²) in [6.45, 7) is 5.13. The highest BCUT2D eigenvalue weighted by Gasteiger charge is 2.27. The Morgan fingerprint density at radius 1 is 1.44 bits per heavy atom. The summed E-state index contributed by atoms with van der Waals surface area (Å²) in [6.07, 6.45) is 2.01. The molecular weight excluding hydrogens is 226 g/mol. The second kappa shape index (κ2) is 5.72. The molecule has 0 aliphatic heterocycles. The van der Waals surface area contributed by atoms with Crippen LogP contribution in [0, 0.1) is 5.92 Å². The first-order chi connectivity index (χ1) is 8.63. The van der Waals surface area contributed by atoms with Crippen molar-refractivity contribution in [2.75, 3.05) is 13.7 Å². The van der Waals surface area contributed by atoms with Gasteiger partial charge in [-0.15, -0.1) is 0 Å². The van der Waals surface area contributed by atoms with Crippen molar-refractivity contribution in [1.29, 1.82) is 0 Å². The molecule has 2 rings (SSSR count). The molecule has 2 unspecified atom stereocenters. The molecule has 1 aliphatic rings. The second-order valence-corrected chi connectivity index (χ2v) is 5.41. The zero-order chi connectivity index (χ0) is 13.1. The van der Waals surface area contributed by atoms with Crippen LogP contribution in [0.25, 0.3) is 0 Å². The van der Waals surface area contributed by atoms with Gasteiger partial charge in [-0.3, -0.25) is 0 Å². The normalized spacial score (nSPS) is 20.1. The molecule has 1 aromatic carbocycles. The van der Waals surface area contributed by atoms with Crippen LogP contribution in [-0.4, -0.2) is 24.9 Å². The number of methoxy groups -OCH3 is 1. The number of phenols is 1. The first kappa shape index (κ1) is 13.4. The minimum absolute atomic E-state index is 0.342. The Morgan fingerprint density at radius 2 is 2.22 bits per heavy atom. The van der Waals surface area contributed by atoms with Gasteiger partial charge in [-0.1, -0.05) is 26.0 Å². The van der Waals surface area contributed by atoms with E-state index in [0.717, 1.165) is 25.0 Å². The van der Waals surface area contributed by atoms with E-state index in [1.165, 1.54) is 5.56 Å². The van der Waals surface area contributed by atoms with E-state index in [2.05, 4.69) is 25.2 Å². The van der Waals surface area contributed by atoms with Crippen molar-refractivity contribution in [1.82, 2.24) is 5.32 Å². The molecule has 100 valence electrons. The molecule has 1 aromatic rings. The Labute approximate surface area is 109 Å². The molecule has 0 saturated carbocycles. The molecule has 0 spiro atoms. The molecule has 0 fully saturated rings. The van der Waals surface area contributed by atoms with E-state index in [4.69, 9.17) is 4.74 Å². The summed E-state index contributed by atoms with van der Waals surface area (Å²) in [5.74, 6) is 0.968. The van der Waals surface area contributed by atoms with Gasteiger partial charge in [0.1, 0.15) is 5.75 Å². The van der Waals surface area contributed by atoms with Gasteiger partial charge >= 0.3 is 0 Å². The van der Waals surface area contributed by atoms with E-state index >= 15 is 0 Å². The third kappa shape index (κ3) is 2.68. The minimum Gasteiger partial charge on any atom is -0.508 e. The summed E-state index contributed by atoms with van der Waals surface area (Å²) in [6, 6.07) is 6.51. The lowest BCUT2D eigenvalue weighted by Gasteiger charge is -2.26. The fourth-order valence-electron chi connectivity index (χ4n) is 2.68. The summed E-state index contributed by atoms with van der Waals surface area (Å²) < 4.78 is 5.28. The molecule has 0 aromatic heterocycles. The number of ether oxygens (including phenoxy) is 1. The molecule has 3 nitrogen and oxygen atoms in total. The summed E-state index contributed by atoms with van der Waals surface area (Å²) in [5, 5.41) is 13.5. The maximum Gasteiger partial charge on any atom is 0.119 e. The van der Waals surface area contributed by atoms with Gasteiger partial charge in [0.2, 0.25) is 0 Å². The number of phenolic OH excluding ortho intramolecular Hbond substituents is 1. The lowest BCUT2D eigenvalue weighted by Crippen LogP contribution is -2.39. The van der Waals surface area contributed by atoms with Gasteiger partial charge in [-0.25, -0.2) is 0 Å². The summed E-state index contributed by atoms with van der Waals surface area (Å²) >= 11 is 0. The second-order valence-electron chi connectivity index (χ2n) is 5.41. The van der Waals surface area contributed by atoms with Crippen LogP contribution >= 0.6 is 0 Å². The van der Waals surface area contributed by atoms with Gasteiger partial charge in [0.05, 0.1) is 6.61 Å². The fourth-order valence-corrected chi connectivity index (χ4v) is 2.68. The van der Waals surface area contributed by atoms with Gasteiger partial charge in [0.15, 0.2) is 0 Å². The van der Waals surface area contributed by atoms with Crippen molar-refractivity contribution in [2.24, 2.45) is 5.92 Å². The number of nitrogens with one attached hydrogen (secondary N) is 1. The Bertz CT molecular complexity index is 403. The zero-order valence-corrected chi connectivity index (χ0v) is 11.4. The van der Waals surface area contributed by atoms with Crippen LogP contribution in [0.3, 0.4) is 0 Å². The topological polar surface area (TPSA) is 41.5 Å². The van der Waals surface area contributed by atoms with Crippen LogP contribution in [0.15, 0.2) is 18.2 Å². The van der Waals surface area contributed by atoms with Crippen molar-refractivity contribution in [2.45, 2.75) is 38.8 Å². The Balaban J connectivity index is 2.11. The predicted octanol–water partition coefficient (Wildman–Crippen LogP) is 2.64. The van der Waals surface area contributed by atoms with Gasteiger partial charge in [-0.2, -0.15) is 0 Å². The molecular formula is C15H23NO2. The maximum atomic E-state index is 9.84. The number of hydrogen-bond donors (Lipinski definition) is 2. The monoisotopic (exact) mass is 249 g/mol. The smallest absolute Gasteiger partial charge is 0.119 e. The Morgan fingerprint density at radius 3 is 2.89 bits per heavy atom. The number of hydrogen-bond acceptors (Lipinski definition) is 3. The fraction of sp³-hybridized carbons (Fsp3) is 0.600. The van der Waals surface area contributed by atoms with Crippen molar-refractivity contribution in [3.05, 3.63) is 29.3 Å². The Hall–Kier alpha value is -1.06. The van der Waals surface area contributed by atoms with Crippen LogP contribution in [-0.2, 0) is 11.2 Å². The van der Waals surface area contributed by atoms with Crippen LogP contribution in [0.1, 0.15) is 37.4 Å². The SMILES string of the molecule is COCC(NC1CCc2c(O)cccc21)C(C)C. The number of aromatic hydroxyl groups is 1. The highest BCUT2D eigenvalue weighted by molar-refractivity contribution is 5.44. The standard InChI is InChI=1S/C15H23NO2/c1-10(2)14(9-18-3)16-13-8-7-12-11(13)5-4-6-15(12)17/h4-6,10,13-14,16-17H,7-9H2,1-3H3. The van der Waals surface area contributed by atoms with Crippen molar-refractivity contribution < 1.29 is 9.84 Å². The van der Waals surface area contributed by atoms with Gasteiger partial charge < -0.3 is 15.2 Å². The first-order valence-corrected chi connectivity index (χ1v) is 6.69. The van der Waals surface area contributed by atoms with E-state index < -0.39 is 0 Å². The average molecular weight is 249 g/mol. The van der Waals surface area contributed by atoms with Gasteiger partial charge in [0.25, 0.3) is 0 Å². The summed E-state index contributed by atoms with van der Waals surface area (Å²) in [7, 11) is 1.74. The summed E-state index contributed by atoms with van der Waals surface area (Å²) in [4.78, 5) is 0. The first-order valence-electron chi connectivity index (χ1n) is 6.69. The van der Waals surface area contributed by atoms with Crippen molar-refractivity contribution in [3.8, 4) is 5.75 Å². The van der Waals surface area contributed by atoms with Gasteiger partial charge in [0, 0.05) is 19.2 Å². The predicted molar refractivity (Wildman–Crippen MR) is 72.8 cm³/mol. The molecule has 2 N–H and O–H groups in total. The molecule has 0 bridgehead atoms. The minimum atomic E-state index is 0.342. The van der Waals surface area contributed by atoms with Crippen LogP contribution in [0.4, 0.5) is 0 Å². The van der Waals surface area contributed by atoms with E-state index in [1.54, 1.807) is 13.2 Å². The molecule has 3 heteroatoms. The zero-order valence-electron chi connectivity index (χ0n) is 11.4. The largest absolute Gasteiger partial charge is 0.508 e. The lowest BCUT2D eigenvalue weighted by atomic mass is 10.0. The highest BCUT2D eigenvalue weighted by Crippen LogP contribution is 2.36. The van der Waals surface area contributed by atoms with E-state index in [9.17, 15) is 5.11 Å². The van der Waals surface area contributed by atoms with E-state index in [-0.39, 0.29) is 0 Å². The van der Waals surface area contributed by atoms with Crippen LogP contribution < -0.4 is 5.32 Å². The molecule has 1 aliphatic carbocycles. The number of benzene rings is 1. The van der Waals surface area contributed by atoms with Gasteiger partial charge in [-0.05, 0) is 36.0 Å². The summed E-state index contributed by atoms with van der Waals surface area (Å²) in [5.41, 5.74) is 2.35. The van der Waals surface area contributed by atoms with Crippen LogP contribution in [0.2, 0.25) is 0 Å².